The molecule has 1 rings (SSSR count). The highest BCUT2D eigenvalue weighted by molar-refractivity contribution is 7.93. The number of nitrogens with one attached hydrogen (secondary N) is 1. The van der Waals surface area contributed by atoms with Crippen molar-refractivity contribution >= 4 is 27.2 Å². The number of rotatable bonds is 5. The standard InChI is InChI=1S/C10H20N2O3S2/c1-8(9(11)16)17(13,14)12-7-10(2)3-5-15-6-4-10/h8,12H,3-7H2,1-2H3,(H2,11,16). The van der Waals surface area contributed by atoms with Gasteiger partial charge in [0.25, 0.3) is 0 Å². The lowest BCUT2D eigenvalue weighted by Crippen LogP contribution is -2.45. The summed E-state index contributed by atoms with van der Waals surface area (Å²) in [5.41, 5.74) is 5.32. The van der Waals surface area contributed by atoms with Gasteiger partial charge in [-0.25, -0.2) is 13.1 Å². The predicted octanol–water partition coefficient (Wildman–Crippen LogP) is 0.397. The molecule has 0 aliphatic carbocycles. The van der Waals surface area contributed by atoms with Crippen LogP contribution in [0, 0.1) is 5.41 Å². The lowest BCUT2D eigenvalue weighted by atomic mass is 9.83. The third-order valence-corrected chi connectivity index (χ3v) is 5.50. The van der Waals surface area contributed by atoms with E-state index in [0.29, 0.717) is 19.8 Å². The summed E-state index contributed by atoms with van der Waals surface area (Å²) in [5.74, 6) is 0. The monoisotopic (exact) mass is 280 g/mol. The zero-order chi connectivity index (χ0) is 13.1. The van der Waals surface area contributed by atoms with E-state index in [0.717, 1.165) is 12.8 Å². The molecule has 1 heterocycles. The summed E-state index contributed by atoms with van der Waals surface area (Å²) in [6.07, 6.45) is 1.72. The van der Waals surface area contributed by atoms with Crippen molar-refractivity contribution in [1.29, 1.82) is 0 Å². The first kappa shape index (κ1) is 14.8. The minimum Gasteiger partial charge on any atom is -0.392 e. The van der Waals surface area contributed by atoms with Gasteiger partial charge in [0.1, 0.15) is 5.25 Å². The topological polar surface area (TPSA) is 81.4 Å². The van der Waals surface area contributed by atoms with E-state index in [1.807, 2.05) is 0 Å². The SMILES string of the molecule is CC(C(N)=S)S(=O)(=O)NCC1(C)CCOCC1. The summed E-state index contributed by atoms with van der Waals surface area (Å²) in [5, 5.41) is -0.832. The molecular formula is C10H20N2O3S2. The maximum Gasteiger partial charge on any atom is 0.220 e. The summed E-state index contributed by atoms with van der Waals surface area (Å²) >= 11 is 4.70. The van der Waals surface area contributed by atoms with E-state index in [1.54, 1.807) is 0 Å². The second-order valence-corrected chi connectivity index (χ2v) is 7.39. The molecular weight excluding hydrogens is 260 g/mol. The van der Waals surface area contributed by atoms with E-state index in [4.69, 9.17) is 22.7 Å². The summed E-state index contributed by atoms with van der Waals surface area (Å²) in [6, 6.07) is 0. The van der Waals surface area contributed by atoms with Crippen LogP contribution in [-0.4, -0.2) is 38.4 Å². The molecule has 7 heteroatoms. The number of sulfonamides is 1. The van der Waals surface area contributed by atoms with Crippen molar-refractivity contribution in [3.8, 4) is 0 Å². The van der Waals surface area contributed by atoms with Gasteiger partial charge in [-0.3, -0.25) is 0 Å². The highest BCUT2D eigenvalue weighted by Gasteiger charge is 2.31. The molecule has 0 bridgehead atoms. The quantitative estimate of drug-likeness (QED) is 0.712. The van der Waals surface area contributed by atoms with Crippen LogP contribution in [0.4, 0.5) is 0 Å². The minimum absolute atomic E-state index is 0.00497. The normalized spacial score (nSPS) is 22.0. The highest BCUT2D eigenvalue weighted by atomic mass is 32.2. The van der Waals surface area contributed by atoms with E-state index in [-0.39, 0.29) is 10.4 Å². The molecule has 5 nitrogen and oxygen atoms in total. The maximum absolute atomic E-state index is 11.8. The lowest BCUT2D eigenvalue weighted by molar-refractivity contribution is 0.0264. The summed E-state index contributed by atoms with van der Waals surface area (Å²) in [6.45, 7) is 5.33. The highest BCUT2D eigenvalue weighted by Crippen LogP contribution is 2.28. The van der Waals surface area contributed by atoms with Crippen LogP contribution in [0.25, 0.3) is 0 Å². The Morgan fingerprint density at radius 1 is 1.53 bits per heavy atom. The van der Waals surface area contributed by atoms with Crippen LogP contribution in [-0.2, 0) is 14.8 Å². The number of nitrogens with two attached hydrogens (primary N) is 1. The van der Waals surface area contributed by atoms with Gasteiger partial charge in [0.2, 0.25) is 10.0 Å². The Labute approximate surface area is 108 Å². The largest absolute Gasteiger partial charge is 0.392 e. The van der Waals surface area contributed by atoms with Crippen LogP contribution < -0.4 is 10.5 Å². The first-order valence-corrected chi connectivity index (χ1v) is 7.58. The fourth-order valence-electron chi connectivity index (χ4n) is 1.59. The predicted molar refractivity (Wildman–Crippen MR) is 71.3 cm³/mol. The number of ether oxygens (including phenoxy) is 1. The van der Waals surface area contributed by atoms with Crippen molar-refractivity contribution < 1.29 is 13.2 Å². The Hall–Kier alpha value is -0.240. The fraction of sp³-hybridized carbons (Fsp3) is 0.900. The molecule has 0 aromatic rings. The second kappa shape index (κ2) is 5.60. The van der Waals surface area contributed by atoms with Gasteiger partial charge in [0.05, 0.1) is 4.99 Å². The van der Waals surface area contributed by atoms with Crippen molar-refractivity contribution in [2.45, 2.75) is 31.9 Å². The second-order valence-electron chi connectivity index (χ2n) is 4.83. The van der Waals surface area contributed by atoms with Gasteiger partial charge in [0.15, 0.2) is 0 Å². The van der Waals surface area contributed by atoms with Crippen LogP contribution in [0.2, 0.25) is 0 Å². The molecule has 0 spiro atoms. The smallest absolute Gasteiger partial charge is 0.220 e. The number of hydrogen-bond donors (Lipinski definition) is 2. The number of hydrogen-bond acceptors (Lipinski definition) is 4. The van der Waals surface area contributed by atoms with Crippen LogP contribution in [0.5, 0.6) is 0 Å². The average Bonchev–Trinajstić information content (AvgIpc) is 2.27. The molecule has 1 atom stereocenters. The summed E-state index contributed by atoms with van der Waals surface area (Å²) in [4.78, 5) is -0.00497. The van der Waals surface area contributed by atoms with E-state index >= 15 is 0 Å². The van der Waals surface area contributed by atoms with Gasteiger partial charge in [-0.1, -0.05) is 19.1 Å². The molecule has 1 unspecified atom stereocenters. The van der Waals surface area contributed by atoms with Crippen molar-refractivity contribution in [3.05, 3.63) is 0 Å². The van der Waals surface area contributed by atoms with Crippen LogP contribution in [0.1, 0.15) is 26.7 Å². The van der Waals surface area contributed by atoms with Gasteiger partial charge in [0, 0.05) is 19.8 Å². The molecule has 3 N–H and O–H groups in total. The Kier molecular flexibility index (Phi) is 4.88. The van der Waals surface area contributed by atoms with E-state index in [2.05, 4.69) is 11.6 Å². The van der Waals surface area contributed by atoms with E-state index in [1.165, 1.54) is 6.92 Å². The Morgan fingerprint density at radius 3 is 2.53 bits per heavy atom. The lowest BCUT2D eigenvalue weighted by Gasteiger charge is -2.33. The Balaban J connectivity index is 2.57. The van der Waals surface area contributed by atoms with E-state index < -0.39 is 15.3 Å². The van der Waals surface area contributed by atoms with E-state index in [9.17, 15) is 8.42 Å². The Morgan fingerprint density at radius 2 is 2.06 bits per heavy atom. The first-order valence-electron chi connectivity index (χ1n) is 5.62. The molecule has 17 heavy (non-hydrogen) atoms. The van der Waals surface area contributed by atoms with Crippen LogP contribution in [0.3, 0.4) is 0 Å². The number of thiocarbonyl (C=S) groups is 1. The van der Waals surface area contributed by atoms with Gasteiger partial charge in [-0.2, -0.15) is 0 Å². The molecule has 1 fully saturated rings. The van der Waals surface area contributed by atoms with Gasteiger partial charge in [-0.15, -0.1) is 0 Å². The Bertz CT molecular complexity index is 375. The molecule has 0 radical (unpaired) electrons. The first-order chi connectivity index (χ1) is 7.77. The van der Waals surface area contributed by atoms with Crippen molar-refractivity contribution in [3.63, 3.8) is 0 Å². The molecule has 100 valence electrons. The van der Waals surface area contributed by atoms with Gasteiger partial charge in [-0.05, 0) is 25.2 Å². The fourth-order valence-corrected chi connectivity index (χ4v) is 3.08. The van der Waals surface area contributed by atoms with Crippen LogP contribution >= 0.6 is 12.2 Å². The third-order valence-electron chi connectivity index (χ3n) is 3.27. The molecule has 1 aliphatic heterocycles. The van der Waals surface area contributed by atoms with Crippen LogP contribution in [0.15, 0.2) is 0 Å². The van der Waals surface area contributed by atoms with Crippen molar-refractivity contribution in [2.24, 2.45) is 11.1 Å². The maximum atomic E-state index is 11.8. The van der Waals surface area contributed by atoms with Crippen molar-refractivity contribution in [1.82, 2.24) is 4.72 Å². The molecule has 1 aliphatic rings. The minimum atomic E-state index is -3.45. The summed E-state index contributed by atoms with van der Waals surface area (Å²) in [7, 11) is -3.45. The average molecular weight is 280 g/mol. The van der Waals surface area contributed by atoms with Crippen molar-refractivity contribution in [2.75, 3.05) is 19.8 Å². The molecule has 0 saturated carbocycles. The van der Waals surface area contributed by atoms with Gasteiger partial charge < -0.3 is 10.5 Å². The zero-order valence-corrected chi connectivity index (χ0v) is 11.9. The molecule has 1 saturated heterocycles. The molecule has 0 amide bonds. The zero-order valence-electron chi connectivity index (χ0n) is 10.2. The van der Waals surface area contributed by atoms with Gasteiger partial charge >= 0.3 is 0 Å². The molecule has 0 aromatic carbocycles. The third kappa shape index (κ3) is 4.17. The molecule has 0 aromatic heterocycles. The summed E-state index contributed by atoms with van der Waals surface area (Å²) < 4.78 is 31.6.